The van der Waals surface area contributed by atoms with Gasteiger partial charge in [-0.15, -0.1) is 267 Å². The molecule has 0 saturated carbocycles. The molecule has 0 spiro atoms. The second-order valence-corrected chi connectivity index (χ2v) is 22.6. The Morgan fingerprint density at radius 1 is 0.146 bits per heavy atom. The zero-order valence-corrected chi connectivity index (χ0v) is 41.4. The van der Waals surface area contributed by atoms with Crippen LogP contribution in [0.5, 0.6) is 0 Å². The Hall–Kier alpha value is 6.67. The summed E-state index contributed by atoms with van der Waals surface area (Å²) in [6.07, 6.45) is 0. The molecule has 0 aromatic rings. The van der Waals surface area contributed by atoms with E-state index >= 15 is 0 Å². The monoisotopic (exact) mass is 1130 g/mol. The maximum Gasteiger partial charge on any atom is 0.0693 e. The van der Waals surface area contributed by atoms with Crippen LogP contribution < -0.4 is 0 Å². The Morgan fingerprint density at radius 3 is 0.271 bits per heavy atom. The van der Waals surface area contributed by atoms with Crippen molar-refractivity contribution in [3.8, 4) is 0 Å². The Kier molecular flexibility index (Phi) is 29.6. The fraction of sp³-hybridized carbons (Fsp3) is 1.00. The van der Waals surface area contributed by atoms with Crippen LogP contribution in [-0.4, -0.2) is 124 Å². The van der Waals surface area contributed by atoms with Gasteiger partial charge in [-0.2, -0.15) is 0 Å². The smallest absolute Gasteiger partial charge is 0.0693 e. The minimum absolute atomic E-state index is 0.513. The van der Waals surface area contributed by atoms with E-state index in [1.165, 1.54) is 0 Å². The predicted molar refractivity (Wildman–Crippen MR) is 233 cm³/mol. The van der Waals surface area contributed by atoms with Gasteiger partial charge in [-0.1, -0.05) is 0 Å². The van der Waals surface area contributed by atoms with Crippen molar-refractivity contribution in [1.82, 2.24) is 0 Å². The molecule has 0 fully saturated rings. The molecule has 0 saturated heterocycles. The van der Waals surface area contributed by atoms with Crippen molar-refractivity contribution in [3.63, 3.8) is 0 Å². The first-order valence-corrected chi connectivity index (χ1v) is 23.5. The lowest BCUT2D eigenvalue weighted by Gasteiger charge is -2.36. The molecular formula is C25H29Cl23. The second-order valence-electron chi connectivity index (χ2n) is 10.7. The molecule has 0 heterocycles. The van der Waals surface area contributed by atoms with E-state index in [1.54, 1.807) is 13.8 Å². The van der Waals surface area contributed by atoms with E-state index in [-0.39, 0.29) is 0 Å². The molecule has 23 heteroatoms. The van der Waals surface area contributed by atoms with E-state index in [1.807, 2.05) is 0 Å². The molecule has 22 unspecified atom stereocenters. The minimum Gasteiger partial charge on any atom is -0.122 e. The average Bonchev–Trinajstić information content (AvgIpc) is 3.07. The zero-order valence-electron chi connectivity index (χ0n) is 24.0. The number of halogens is 23. The first kappa shape index (κ1) is 54.7. The average molecular weight is 1140 g/mol. The third-order valence-electron chi connectivity index (χ3n) is 6.96. The molecule has 0 N–H and O–H groups in total. The van der Waals surface area contributed by atoms with Gasteiger partial charge in [0, 0.05) is 10.8 Å². The van der Waals surface area contributed by atoms with Crippen molar-refractivity contribution in [2.45, 2.75) is 138 Å². The molecular weight excluding hydrogens is 1120 g/mol. The highest BCUT2D eigenvalue weighted by atomic mass is 35.5. The van der Waals surface area contributed by atoms with E-state index in [2.05, 4.69) is 0 Å². The van der Waals surface area contributed by atoms with Crippen LogP contribution in [0.15, 0.2) is 0 Å². The van der Waals surface area contributed by atoms with Gasteiger partial charge >= 0.3 is 0 Å². The number of hydrogen-bond acceptors (Lipinski definition) is 0. The standard InChI is InChI=1S/C25H29Cl23/c1-3(26)5(28)7(30)9(32)11(34)13(36)15(38)17(40)19(42)21(44)23(46)25(48)24(47)22(45)20(43)18(41)16(39)14(37)12(35)10(33)8(31)6(29)4(2)27/h3-25H,1-2H3. The molecule has 0 rings (SSSR count). The highest BCUT2D eigenvalue weighted by Crippen LogP contribution is 2.41. The molecule has 0 bridgehead atoms. The fourth-order valence-corrected chi connectivity index (χ4v) is 12.1. The highest BCUT2D eigenvalue weighted by Gasteiger charge is 2.48. The molecule has 0 aliphatic heterocycles. The van der Waals surface area contributed by atoms with Gasteiger partial charge in [-0.3, -0.25) is 0 Å². The number of rotatable bonds is 22. The quantitative estimate of drug-likeness (QED) is 0.0948. The summed E-state index contributed by atoms with van der Waals surface area (Å²) in [4.78, 5) is 0. The first-order valence-electron chi connectivity index (χ1n) is 13.5. The van der Waals surface area contributed by atoms with Gasteiger partial charge in [0.1, 0.15) is 0 Å². The topological polar surface area (TPSA) is 0 Å². The highest BCUT2D eigenvalue weighted by molar-refractivity contribution is 6.47. The van der Waals surface area contributed by atoms with Gasteiger partial charge in [0.25, 0.3) is 0 Å². The molecule has 0 aromatic heterocycles. The normalized spacial score (nSPS) is 27.4. The minimum atomic E-state index is -1.15. The summed E-state index contributed by atoms with van der Waals surface area (Å²) < 4.78 is 0. The largest absolute Gasteiger partial charge is 0.122 e. The molecule has 0 amide bonds. The third kappa shape index (κ3) is 15.7. The van der Waals surface area contributed by atoms with Gasteiger partial charge in [-0.05, 0) is 13.8 Å². The lowest BCUT2D eigenvalue weighted by molar-refractivity contribution is 0.558. The Labute approximate surface area is 398 Å². The maximum absolute atomic E-state index is 6.61. The predicted octanol–water partition coefficient (Wildman–Crippen LogP) is 15.0. The SMILES string of the molecule is CC(Cl)C(Cl)C(Cl)C(Cl)C(Cl)C(Cl)C(Cl)C(Cl)C(Cl)C(Cl)C(Cl)C(Cl)C(Cl)C(Cl)C(Cl)C(Cl)C(Cl)C(Cl)C(Cl)C(Cl)C(Cl)C(Cl)C(C)Cl. The van der Waals surface area contributed by atoms with Crippen molar-refractivity contribution < 1.29 is 0 Å². The van der Waals surface area contributed by atoms with Crippen LogP contribution in [-0.2, 0) is 0 Å². The first-order chi connectivity index (χ1) is 21.8. The van der Waals surface area contributed by atoms with Crippen LogP contribution in [0.2, 0.25) is 0 Å². The number of alkyl halides is 23. The fourth-order valence-electron chi connectivity index (χ4n) is 3.84. The van der Waals surface area contributed by atoms with Crippen LogP contribution in [0.4, 0.5) is 0 Å². The van der Waals surface area contributed by atoms with E-state index < -0.39 is 124 Å². The van der Waals surface area contributed by atoms with Crippen molar-refractivity contribution in [3.05, 3.63) is 0 Å². The van der Waals surface area contributed by atoms with Gasteiger partial charge < -0.3 is 0 Å². The van der Waals surface area contributed by atoms with Crippen LogP contribution in [0.25, 0.3) is 0 Å². The van der Waals surface area contributed by atoms with E-state index in [0.717, 1.165) is 0 Å². The summed E-state index contributed by atoms with van der Waals surface area (Å²) in [5.74, 6) is 0. The van der Waals surface area contributed by atoms with Crippen molar-refractivity contribution in [1.29, 1.82) is 0 Å². The van der Waals surface area contributed by atoms with E-state index in [4.69, 9.17) is 267 Å². The van der Waals surface area contributed by atoms with Gasteiger partial charge in [0.15, 0.2) is 0 Å². The van der Waals surface area contributed by atoms with E-state index in [9.17, 15) is 0 Å². The van der Waals surface area contributed by atoms with Crippen LogP contribution in [0.3, 0.4) is 0 Å². The molecule has 0 radical (unpaired) electrons. The van der Waals surface area contributed by atoms with Gasteiger partial charge in [-0.25, -0.2) is 0 Å². The van der Waals surface area contributed by atoms with Gasteiger partial charge in [0.05, 0.1) is 113 Å². The Balaban J connectivity index is 5.54. The maximum atomic E-state index is 6.61. The van der Waals surface area contributed by atoms with Crippen molar-refractivity contribution >= 4 is 267 Å². The molecule has 0 aliphatic carbocycles. The van der Waals surface area contributed by atoms with Crippen molar-refractivity contribution in [2.24, 2.45) is 0 Å². The summed E-state index contributed by atoms with van der Waals surface area (Å²) >= 11 is 149. The summed E-state index contributed by atoms with van der Waals surface area (Å²) in [5, 5.41) is -22.7. The Bertz CT molecular complexity index is 819. The summed E-state index contributed by atoms with van der Waals surface area (Å²) in [6.45, 7) is 3.30. The lowest BCUT2D eigenvalue weighted by atomic mass is 9.99. The molecule has 0 nitrogen and oxygen atoms in total. The zero-order chi connectivity index (χ0) is 38.3. The Morgan fingerprint density at radius 2 is 0.208 bits per heavy atom. The van der Waals surface area contributed by atoms with Crippen LogP contribution in [0.1, 0.15) is 13.8 Å². The molecule has 22 atom stereocenters. The molecule has 0 aliphatic rings. The summed E-state index contributed by atoms with van der Waals surface area (Å²) in [7, 11) is 0. The summed E-state index contributed by atoms with van der Waals surface area (Å²) in [6, 6.07) is 0. The van der Waals surface area contributed by atoms with Crippen LogP contribution in [0, 0.1) is 0 Å². The van der Waals surface area contributed by atoms with Crippen LogP contribution >= 0.6 is 267 Å². The molecule has 290 valence electrons. The molecule has 48 heavy (non-hydrogen) atoms. The van der Waals surface area contributed by atoms with E-state index in [0.29, 0.717) is 0 Å². The van der Waals surface area contributed by atoms with Crippen molar-refractivity contribution in [2.75, 3.05) is 0 Å². The number of hydrogen-bond donors (Lipinski definition) is 0. The second kappa shape index (κ2) is 26.0. The van der Waals surface area contributed by atoms with Gasteiger partial charge in [0.2, 0.25) is 0 Å². The lowest BCUT2D eigenvalue weighted by Crippen LogP contribution is -2.50. The molecule has 0 aromatic carbocycles. The third-order valence-corrected chi connectivity index (χ3v) is 22.0. The summed E-state index contributed by atoms with van der Waals surface area (Å²) in [5.41, 5.74) is 0.